The average Bonchev–Trinajstić information content (AvgIpc) is 3.22. The summed E-state index contributed by atoms with van der Waals surface area (Å²) in [6.45, 7) is 9.06. The van der Waals surface area contributed by atoms with Crippen LogP contribution in [-0.4, -0.2) is 62.8 Å². The van der Waals surface area contributed by atoms with E-state index in [2.05, 4.69) is 23.2 Å². The number of rotatable bonds is 9. The van der Waals surface area contributed by atoms with Crippen molar-refractivity contribution in [3.05, 3.63) is 35.4 Å². The van der Waals surface area contributed by atoms with Crippen molar-refractivity contribution in [2.24, 2.45) is 0 Å². The number of nitrogens with zero attached hydrogens (tertiary/aromatic N) is 3. The van der Waals surface area contributed by atoms with Crippen LogP contribution in [0.3, 0.4) is 0 Å². The first-order valence-corrected chi connectivity index (χ1v) is 14.7. The van der Waals surface area contributed by atoms with E-state index in [9.17, 15) is 13.9 Å². The van der Waals surface area contributed by atoms with Crippen LogP contribution in [0.4, 0.5) is 26.1 Å². The predicted octanol–water partition coefficient (Wildman–Crippen LogP) is 4.28. The summed E-state index contributed by atoms with van der Waals surface area (Å²) >= 11 is 1.57. The van der Waals surface area contributed by atoms with Crippen molar-refractivity contribution in [1.82, 2.24) is 15.5 Å². The zero-order valence-electron chi connectivity index (χ0n) is 23.2. The summed E-state index contributed by atoms with van der Waals surface area (Å²) in [5.41, 5.74) is 7.93. The third-order valence-electron chi connectivity index (χ3n) is 7.47. The summed E-state index contributed by atoms with van der Waals surface area (Å²) in [7, 11) is 0. The van der Waals surface area contributed by atoms with E-state index in [4.69, 9.17) is 24.2 Å². The van der Waals surface area contributed by atoms with E-state index < -0.39 is 23.2 Å². The lowest BCUT2D eigenvalue weighted by molar-refractivity contribution is -0.234. The second-order valence-corrected chi connectivity index (χ2v) is 12.8. The molecule has 1 aromatic carbocycles. The fourth-order valence-corrected chi connectivity index (χ4v) is 6.47. The number of hydrogen-bond acceptors (Lipinski definition) is 11. The van der Waals surface area contributed by atoms with E-state index in [1.54, 1.807) is 31.7 Å². The van der Waals surface area contributed by atoms with Crippen molar-refractivity contribution in [2.45, 2.75) is 107 Å². The number of thioether (sulfide) groups is 1. The highest BCUT2D eigenvalue weighted by molar-refractivity contribution is 7.99. The maximum absolute atomic E-state index is 13.8. The number of ether oxygens (including phenoxy) is 3. The molecule has 1 saturated heterocycles. The number of nitrogens with one attached hydrogen (secondary N) is 3. The Hall–Kier alpha value is -2.29. The number of hydrazine groups is 2. The highest BCUT2D eigenvalue weighted by Crippen LogP contribution is 2.48. The van der Waals surface area contributed by atoms with Crippen LogP contribution >= 0.6 is 11.8 Å². The van der Waals surface area contributed by atoms with Gasteiger partial charge in [0.25, 0.3) is 0 Å². The molecule has 0 bridgehead atoms. The largest absolute Gasteiger partial charge is 0.366 e. The molecule has 6 rings (SSSR count). The number of aromatic nitrogens is 2. The quantitative estimate of drug-likeness (QED) is 0.194. The minimum atomic E-state index is -1.33. The number of benzene rings is 1. The van der Waals surface area contributed by atoms with Gasteiger partial charge >= 0.3 is 0 Å². The average molecular weight is 579 g/mol. The molecule has 10 nitrogen and oxygen atoms in total. The third-order valence-corrected chi connectivity index (χ3v) is 8.53. The topological polar surface area (TPSA) is 113 Å². The van der Waals surface area contributed by atoms with Crippen LogP contribution in [0, 0.1) is 11.6 Å². The first-order valence-electron chi connectivity index (χ1n) is 13.8. The molecule has 2 saturated carbocycles. The first-order chi connectivity index (χ1) is 18.9. The molecular formula is C27H36F2N6O4S. The van der Waals surface area contributed by atoms with Crippen LogP contribution in [0.1, 0.15) is 65.4 Å². The van der Waals surface area contributed by atoms with Crippen LogP contribution < -0.4 is 21.3 Å². The minimum Gasteiger partial charge on any atom is -0.366 e. The van der Waals surface area contributed by atoms with Gasteiger partial charge in [-0.05, 0) is 58.2 Å². The Labute approximate surface area is 236 Å². The Morgan fingerprint density at radius 2 is 1.98 bits per heavy atom. The monoisotopic (exact) mass is 578 g/mol. The van der Waals surface area contributed by atoms with Crippen LogP contribution in [0.5, 0.6) is 0 Å². The fraction of sp³-hybridized carbons (Fsp3) is 0.630. The van der Waals surface area contributed by atoms with Gasteiger partial charge in [-0.25, -0.2) is 18.7 Å². The summed E-state index contributed by atoms with van der Waals surface area (Å²) in [6.07, 6.45) is 1.20. The minimum absolute atomic E-state index is 0.0246. The Morgan fingerprint density at radius 1 is 1.20 bits per heavy atom. The maximum atomic E-state index is 13.8. The lowest BCUT2D eigenvalue weighted by atomic mass is 10.1. The van der Waals surface area contributed by atoms with Crippen LogP contribution in [0.25, 0.3) is 0 Å². The normalized spacial score (nSPS) is 30.2. The molecule has 4 aliphatic rings. The SMILES string of the molecule is CCCSc1nc(N[C@@H]2C[C@H]2c2ccc(F)c(F)c2)c2c(n1)N([C@H]1C[C@H](OC(C)(C)O)[C@H]3OC(C)(C)O[C@H]31)NN2. The van der Waals surface area contributed by atoms with Gasteiger partial charge in [-0.1, -0.05) is 24.8 Å². The number of halogens is 2. The Kier molecular flexibility index (Phi) is 7.11. The zero-order chi connectivity index (χ0) is 28.4. The summed E-state index contributed by atoms with van der Waals surface area (Å²) in [6, 6.07) is 3.88. The highest BCUT2D eigenvalue weighted by Gasteiger charge is 2.58. The van der Waals surface area contributed by atoms with Crippen molar-refractivity contribution >= 4 is 29.1 Å². The standard InChI is InChI=1S/C27H36F2N6O4S/c1-6-9-40-25-31-23(30-17-11-14(17)13-7-8-15(28)16(29)10-13)20-24(32-25)35(34-33-20)18-12-19(37-26(2,3)36)22-21(18)38-27(4,5)39-22/h7-8,10,14,17-19,21-22,33-34,36H,6,9,11-12H2,1-5H3,(H,30,31,32)/t14-,17+,18-,19-,21-,22+/m0/s1. The zero-order valence-corrected chi connectivity index (χ0v) is 24.0. The summed E-state index contributed by atoms with van der Waals surface area (Å²) < 4.78 is 45.8. The fourth-order valence-electron chi connectivity index (χ4n) is 5.78. The van der Waals surface area contributed by atoms with Crippen molar-refractivity contribution in [1.29, 1.82) is 0 Å². The first kappa shape index (κ1) is 27.9. The molecule has 4 N–H and O–H groups in total. The van der Waals surface area contributed by atoms with Gasteiger partial charge in [0.15, 0.2) is 40.0 Å². The van der Waals surface area contributed by atoms with Crippen molar-refractivity contribution < 1.29 is 28.1 Å². The van der Waals surface area contributed by atoms with Gasteiger partial charge in [-0.15, -0.1) is 5.53 Å². The van der Waals surface area contributed by atoms with E-state index >= 15 is 0 Å². The number of fused-ring (bicyclic) bond motifs is 2. The van der Waals surface area contributed by atoms with E-state index in [-0.39, 0.29) is 36.3 Å². The lowest BCUT2D eigenvalue weighted by Crippen LogP contribution is -2.50. The number of hydrogen-bond donors (Lipinski definition) is 4. The van der Waals surface area contributed by atoms with E-state index in [0.29, 0.717) is 28.9 Å². The van der Waals surface area contributed by atoms with Gasteiger partial charge in [0.2, 0.25) is 0 Å². The van der Waals surface area contributed by atoms with Crippen LogP contribution in [0.15, 0.2) is 23.4 Å². The molecule has 218 valence electrons. The van der Waals surface area contributed by atoms with Crippen molar-refractivity contribution in [3.8, 4) is 0 Å². The predicted molar refractivity (Wildman–Crippen MR) is 147 cm³/mol. The molecule has 1 aromatic heterocycles. The summed E-state index contributed by atoms with van der Waals surface area (Å²) in [5, 5.41) is 16.5. The molecular weight excluding hydrogens is 542 g/mol. The summed E-state index contributed by atoms with van der Waals surface area (Å²) in [5.74, 6) is -1.59. The molecule has 2 aromatic rings. The molecule has 13 heteroatoms. The smallest absolute Gasteiger partial charge is 0.191 e. The Bertz CT molecular complexity index is 1280. The third kappa shape index (κ3) is 5.47. The maximum Gasteiger partial charge on any atom is 0.191 e. The molecule has 2 aliphatic carbocycles. The highest BCUT2D eigenvalue weighted by atomic mass is 32.2. The molecule has 3 fully saturated rings. The van der Waals surface area contributed by atoms with Crippen LogP contribution in [-0.2, 0) is 14.2 Å². The van der Waals surface area contributed by atoms with Gasteiger partial charge in [-0.3, -0.25) is 10.4 Å². The van der Waals surface area contributed by atoms with Gasteiger partial charge in [0, 0.05) is 24.1 Å². The Morgan fingerprint density at radius 3 is 2.70 bits per heavy atom. The second-order valence-electron chi connectivity index (χ2n) is 11.7. The summed E-state index contributed by atoms with van der Waals surface area (Å²) in [4.78, 5) is 9.69. The lowest BCUT2D eigenvalue weighted by Gasteiger charge is -2.30. The molecule has 0 unspecified atom stereocenters. The van der Waals surface area contributed by atoms with Crippen molar-refractivity contribution in [3.63, 3.8) is 0 Å². The molecule has 0 amide bonds. The van der Waals surface area contributed by atoms with E-state index in [0.717, 1.165) is 24.2 Å². The van der Waals surface area contributed by atoms with E-state index in [1.165, 1.54) is 12.1 Å². The van der Waals surface area contributed by atoms with Gasteiger partial charge in [-0.2, -0.15) is 0 Å². The van der Waals surface area contributed by atoms with Crippen molar-refractivity contribution in [2.75, 3.05) is 21.5 Å². The van der Waals surface area contributed by atoms with E-state index in [1.807, 2.05) is 18.9 Å². The molecule has 6 atom stereocenters. The van der Waals surface area contributed by atoms with Gasteiger partial charge in [0.1, 0.15) is 17.9 Å². The second kappa shape index (κ2) is 10.2. The van der Waals surface area contributed by atoms with Crippen LogP contribution in [0.2, 0.25) is 0 Å². The molecule has 0 radical (unpaired) electrons. The molecule has 2 aliphatic heterocycles. The number of aliphatic hydroxyl groups is 1. The Balaban J connectivity index is 1.27. The van der Waals surface area contributed by atoms with Gasteiger partial charge in [0.05, 0.1) is 12.1 Å². The molecule has 40 heavy (non-hydrogen) atoms. The van der Waals surface area contributed by atoms with Gasteiger partial charge < -0.3 is 24.6 Å². The molecule has 0 spiro atoms. The number of anilines is 3. The molecule has 3 heterocycles.